The summed E-state index contributed by atoms with van der Waals surface area (Å²) in [6, 6.07) is 0. The van der Waals surface area contributed by atoms with E-state index < -0.39 is 11.6 Å². The van der Waals surface area contributed by atoms with Gasteiger partial charge in [-0.05, 0) is 25.4 Å². The maximum Gasteiger partial charge on any atom is 0.341 e. The summed E-state index contributed by atoms with van der Waals surface area (Å²) in [6.45, 7) is 3.33. The van der Waals surface area contributed by atoms with Gasteiger partial charge in [0.1, 0.15) is 11.4 Å². The molecule has 0 aromatic carbocycles. The van der Waals surface area contributed by atoms with Crippen LogP contribution in [0.5, 0.6) is 0 Å². The Balaban J connectivity index is 0.00000256. The number of carboxylic acids is 1. The molecule has 3 N–H and O–H groups in total. The molecule has 0 bridgehead atoms. The fourth-order valence-electron chi connectivity index (χ4n) is 0.952. The fourth-order valence-corrected chi connectivity index (χ4v) is 1.08. The number of anilines is 1. The van der Waals surface area contributed by atoms with E-state index >= 15 is 0 Å². The van der Waals surface area contributed by atoms with Crippen molar-refractivity contribution in [3.05, 3.63) is 17.0 Å². The number of nitrogens with zero attached hydrogens (tertiary/aromatic N) is 2. The second kappa shape index (κ2) is 5.74. The summed E-state index contributed by atoms with van der Waals surface area (Å²) < 4.78 is 0. The zero-order valence-electron chi connectivity index (χ0n) is 9.27. The molecule has 17 heavy (non-hydrogen) atoms. The minimum absolute atomic E-state index is 0. The number of nitrogens with one attached hydrogen (secondary N) is 1. The van der Waals surface area contributed by atoms with Gasteiger partial charge >= 0.3 is 5.97 Å². The van der Waals surface area contributed by atoms with Crippen LogP contribution in [-0.4, -0.2) is 38.3 Å². The third-order valence-electron chi connectivity index (χ3n) is 1.68. The van der Waals surface area contributed by atoms with Crippen LogP contribution in [0.3, 0.4) is 0 Å². The van der Waals surface area contributed by atoms with Gasteiger partial charge in [-0.3, -0.25) is 4.70 Å². The van der Waals surface area contributed by atoms with E-state index in [4.69, 9.17) is 16.7 Å². The zero-order chi connectivity index (χ0) is 12.3. The van der Waals surface area contributed by atoms with Gasteiger partial charge in [0.05, 0.1) is 5.60 Å². The van der Waals surface area contributed by atoms with Crippen molar-refractivity contribution in [1.82, 2.24) is 9.97 Å². The Hall–Kier alpha value is -1.47. The van der Waals surface area contributed by atoms with Gasteiger partial charge in [-0.2, -0.15) is 4.98 Å². The molecule has 8 heteroatoms. The van der Waals surface area contributed by atoms with Crippen molar-refractivity contribution in [2.24, 2.45) is 0 Å². The Morgan fingerprint density at radius 2 is 2.18 bits per heavy atom. The third kappa shape index (κ3) is 4.92. The molecule has 96 valence electrons. The molecule has 0 amide bonds. The minimum atomic E-state index is -1.16. The standard InChI is InChI=1S/C9H12ClN3O3.FH/c1-9(2,16)4-12-6-5(7(14)15)3-11-8(10)13-6;/h3,16H,4H2,1-2H3,(H,14,15)(H,11,12,13);1H. The van der Waals surface area contributed by atoms with Gasteiger partial charge in [-0.1, -0.05) is 0 Å². The van der Waals surface area contributed by atoms with Crippen molar-refractivity contribution in [3.8, 4) is 0 Å². The lowest BCUT2D eigenvalue weighted by Gasteiger charge is -2.18. The van der Waals surface area contributed by atoms with Crippen molar-refractivity contribution in [2.45, 2.75) is 19.4 Å². The van der Waals surface area contributed by atoms with Gasteiger partial charge in [-0.25, -0.2) is 9.78 Å². The first kappa shape index (κ1) is 15.5. The van der Waals surface area contributed by atoms with E-state index in [-0.39, 0.29) is 27.9 Å². The molecule has 1 rings (SSSR count). The quantitative estimate of drug-likeness (QED) is 0.707. The number of halogens is 2. The van der Waals surface area contributed by atoms with E-state index in [2.05, 4.69) is 15.3 Å². The van der Waals surface area contributed by atoms with E-state index in [1.165, 1.54) is 0 Å². The fraction of sp³-hybridized carbons (Fsp3) is 0.444. The summed E-state index contributed by atoms with van der Waals surface area (Å²) >= 11 is 5.55. The highest BCUT2D eigenvalue weighted by atomic mass is 35.5. The molecule has 0 fully saturated rings. The van der Waals surface area contributed by atoms with E-state index in [1.54, 1.807) is 13.8 Å². The molecule has 0 aliphatic heterocycles. The molecule has 0 atom stereocenters. The van der Waals surface area contributed by atoms with Crippen molar-refractivity contribution in [2.75, 3.05) is 11.9 Å². The lowest BCUT2D eigenvalue weighted by atomic mass is 10.1. The van der Waals surface area contributed by atoms with Crippen LogP contribution in [-0.2, 0) is 0 Å². The Kier molecular flexibility index (Phi) is 5.24. The molecule has 1 aromatic rings. The molecular formula is C9H13ClFN3O3. The van der Waals surface area contributed by atoms with Crippen LogP contribution in [0.1, 0.15) is 24.2 Å². The summed E-state index contributed by atoms with van der Waals surface area (Å²) in [5.74, 6) is -1.07. The number of aliphatic hydroxyl groups is 1. The normalized spacial score (nSPS) is 10.6. The average Bonchev–Trinajstić information content (AvgIpc) is 2.13. The van der Waals surface area contributed by atoms with E-state index in [1.807, 2.05) is 0 Å². The number of hydrogen-bond acceptors (Lipinski definition) is 5. The van der Waals surface area contributed by atoms with Crippen molar-refractivity contribution < 1.29 is 19.7 Å². The number of rotatable bonds is 4. The molecule has 1 aromatic heterocycles. The molecule has 0 aliphatic rings. The monoisotopic (exact) mass is 265 g/mol. The predicted octanol–water partition coefficient (Wildman–Crippen LogP) is 1.16. The van der Waals surface area contributed by atoms with E-state index in [0.717, 1.165) is 6.20 Å². The second-order valence-electron chi connectivity index (χ2n) is 3.87. The molecule has 0 saturated carbocycles. The zero-order valence-corrected chi connectivity index (χ0v) is 10.0. The van der Waals surface area contributed by atoms with Crippen molar-refractivity contribution >= 4 is 23.4 Å². The lowest BCUT2D eigenvalue weighted by molar-refractivity contribution is 0.0695. The Bertz CT molecular complexity index is 409. The molecule has 0 aliphatic carbocycles. The van der Waals surface area contributed by atoms with Crippen LogP contribution >= 0.6 is 11.6 Å². The number of hydrogen-bond donors (Lipinski definition) is 3. The minimum Gasteiger partial charge on any atom is -0.477 e. The van der Waals surface area contributed by atoms with Crippen molar-refractivity contribution in [1.29, 1.82) is 0 Å². The summed E-state index contributed by atoms with van der Waals surface area (Å²) in [5.41, 5.74) is -1.07. The maximum atomic E-state index is 10.8. The average molecular weight is 266 g/mol. The van der Waals surface area contributed by atoms with Gasteiger partial charge in [0.2, 0.25) is 5.28 Å². The van der Waals surface area contributed by atoms with Crippen LogP contribution in [0.15, 0.2) is 6.20 Å². The van der Waals surface area contributed by atoms with Gasteiger partial charge in [-0.15, -0.1) is 0 Å². The molecule has 0 saturated heterocycles. The molecule has 0 unspecified atom stereocenters. The van der Waals surface area contributed by atoms with Crippen LogP contribution < -0.4 is 5.32 Å². The lowest BCUT2D eigenvalue weighted by Crippen LogP contribution is -2.30. The Morgan fingerprint density at radius 1 is 1.59 bits per heavy atom. The third-order valence-corrected chi connectivity index (χ3v) is 1.86. The summed E-state index contributed by atoms with van der Waals surface area (Å²) in [4.78, 5) is 18.2. The van der Waals surface area contributed by atoms with Crippen LogP contribution in [0.25, 0.3) is 0 Å². The Labute approximate surface area is 102 Å². The summed E-state index contributed by atoms with van der Waals surface area (Å²) in [6.07, 6.45) is 1.12. The summed E-state index contributed by atoms with van der Waals surface area (Å²) in [5, 5.41) is 21.0. The highest BCUT2D eigenvalue weighted by Gasteiger charge is 2.17. The molecule has 6 nitrogen and oxygen atoms in total. The van der Waals surface area contributed by atoms with E-state index in [9.17, 15) is 9.90 Å². The van der Waals surface area contributed by atoms with Crippen LogP contribution in [0.4, 0.5) is 10.5 Å². The molecule has 0 spiro atoms. The second-order valence-corrected chi connectivity index (χ2v) is 4.21. The predicted molar refractivity (Wildman–Crippen MR) is 61.3 cm³/mol. The smallest absolute Gasteiger partial charge is 0.341 e. The van der Waals surface area contributed by atoms with Crippen LogP contribution in [0.2, 0.25) is 5.28 Å². The van der Waals surface area contributed by atoms with Crippen molar-refractivity contribution in [3.63, 3.8) is 0 Å². The number of aromatic carboxylic acids is 1. The molecule has 1 heterocycles. The Morgan fingerprint density at radius 3 is 2.65 bits per heavy atom. The number of carboxylic acid groups (broad SMARTS) is 1. The van der Waals surface area contributed by atoms with Gasteiger partial charge in [0.25, 0.3) is 0 Å². The van der Waals surface area contributed by atoms with Crippen LogP contribution in [0, 0.1) is 0 Å². The number of aromatic nitrogens is 2. The first-order valence-electron chi connectivity index (χ1n) is 4.52. The summed E-state index contributed by atoms with van der Waals surface area (Å²) in [7, 11) is 0. The van der Waals surface area contributed by atoms with Gasteiger partial charge in [0.15, 0.2) is 0 Å². The van der Waals surface area contributed by atoms with Gasteiger partial charge in [0, 0.05) is 12.7 Å². The largest absolute Gasteiger partial charge is 0.477 e. The molecular weight excluding hydrogens is 253 g/mol. The highest BCUT2D eigenvalue weighted by molar-refractivity contribution is 6.28. The first-order chi connectivity index (χ1) is 7.29. The number of carbonyl (C=O) groups is 1. The molecule has 0 radical (unpaired) electrons. The highest BCUT2D eigenvalue weighted by Crippen LogP contribution is 2.15. The maximum absolute atomic E-state index is 10.8. The first-order valence-corrected chi connectivity index (χ1v) is 4.89. The van der Waals surface area contributed by atoms with Gasteiger partial charge < -0.3 is 15.5 Å². The topological polar surface area (TPSA) is 95.3 Å². The SMILES string of the molecule is CC(C)(O)CNc1nc(Cl)ncc1C(=O)O.F. The van der Waals surface area contributed by atoms with E-state index in [0.29, 0.717) is 0 Å².